The van der Waals surface area contributed by atoms with E-state index in [0.717, 1.165) is 32.2 Å². The Morgan fingerprint density at radius 3 is 2.18 bits per heavy atom. The topological polar surface area (TPSA) is 35.6 Å². The van der Waals surface area contributed by atoms with Gasteiger partial charge in [0.25, 0.3) is 0 Å². The lowest BCUT2D eigenvalue weighted by atomic mass is 9.98. The number of hydrogen-bond donors (Lipinski definition) is 1. The molecule has 96 valence electrons. The SMILES string of the molecule is O=C(C1CNC1)N1CCC(N2CCCC2)CC1. The molecular formula is C13H23N3O. The molecule has 3 fully saturated rings. The first-order valence-corrected chi connectivity index (χ1v) is 7.08. The minimum absolute atomic E-state index is 0.276. The Morgan fingerprint density at radius 2 is 1.65 bits per heavy atom. The van der Waals surface area contributed by atoms with Gasteiger partial charge in [-0.3, -0.25) is 4.79 Å². The van der Waals surface area contributed by atoms with E-state index in [2.05, 4.69) is 15.1 Å². The predicted molar refractivity (Wildman–Crippen MR) is 66.8 cm³/mol. The number of piperidine rings is 1. The first kappa shape index (κ1) is 11.5. The van der Waals surface area contributed by atoms with Crippen LogP contribution in [0.25, 0.3) is 0 Å². The number of hydrogen-bond acceptors (Lipinski definition) is 3. The maximum absolute atomic E-state index is 12.1. The van der Waals surface area contributed by atoms with E-state index in [1.54, 1.807) is 0 Å². The molecule has 0 bridgehead atoms. The minimum Gasteiger partial charge on any atom is -0.342 e. The summed E-state index contributed by atoms with van der Waals surface area (Å²) in [7, 11) is 0. The highest BCUT2D eigenvalue weighted by Crippen LogP contribution is 2.22. The Morgan fingerprint density at radius 1 is 1.00 bits per heavy atom. The fourth-order valence-corrected chi connectivity index (χ4v) is 3.28. The number of rotatable bonds is 2. The molecule has 3 saturated heterocycles. The summed E-state index contributed by atoms with van der Waals surface area (Å²) in [5.41, 5.74) is 0. The number of carbonyl (C=O) groups is 1. The van der Waals surface area contributed by atoms with E-state index < -0.39 is 0 Å². The second-order valence-corrected chi connectivity index (χ2v) is 5.65. The van der Waals surface area contributed by atoms with Crippen LogP contribution < -0.4 is 5.32 Å². The van der Waals surface area contributed by atoms with Gasteiger partial charge in [0.05, 0.1) is 5.92 Å². The summed E-state index contributed by atoms with van der Waals surface area (Å²) in [5.74, 6) is 0.668. The molecule has 0 atom stereocenters. The van der Waals surface area contributed by atoms with Gasteiger partial charge in [-0.1, -0.05) is 0 Å². The zero-order chi connectivity index (χ0) is 11.7. The van der Waals surface area contributed by atoms with Crippen LogP contribution in [0.3, 0.4) is 0 Å². The molecule has 1 N–H and O–H groups in total. The molecule has 0 aromatic carbocycles. The van der Waals surface area contributed by atoms with Crippen LogP contribution in [0.5, 0.6) is 0 Å². The van der Waals surface area contributed by atoms with E-state index in [1.807, 2.05) is 0 Å². The van der Waals surface area contributed by atoms with Gasteiger partial charge in [0.1, 0.15) is 0 Å². The van der Waals surface area contributed by atoms with Crippen molar-refractivity contribution in [1.82, 2.24) is 15.1 Å². The lowest BCUT2D eigenvalue weighted by Crippen LogP contribution is -2.54. The first-order chi connectivity index (χ1) is 8.34. The summed E-state index contributed by atoms with van der Waals surface area (Å²) >= 11 is 0. The standard InChI is InChI=1S/C13H23N3O/c17-13(11-9-14-10-11)16-7-3-12(4-8-16)15-5-1-2-6-15/h11-12,14H,1-10H2. The van der Waals surface area contributed by atoms with Crippen LogP contribution in [0.15, 0.2) is 0 Å². The molecule has 0 saturated carbocycles. The van der Waals surface area contributed by atoms with Crippen molar-refractivity contribution in [3.8, 4) is 0 Å². The Bertz CT molecular complexity index is 276. The Hall–Kier alpha value is -0.610. The number of nitrogens with one attached hydrogen (secondary N) is 1. The van der Waals surface area contributed by atoms with Crippen LogP contribution in [-0.4, -0.2) is 61.0 Å². The van der Waals surface area contributed by atoms with E-state index >= 15 is 0 Å². The van der Waals surface area contributed by atoms with Crippen molar-refractivity contribution >= 4 is 5.91 Å². The van der Waals surface area contributed by atoms with Crippen molar-refractivity contribution in [2.24, 2.45) is 5.92 Å². The third kappa shape index (κ3) is 2.33. The Balaban J connectivity index is 1.47. The van der Waals surface area contributed by atoms with Gasteiger partial charge in [-0.05, 0) is 38.8 Å². The zero-order valence-electron chi connectivity index (χ0n) is 10.5. The molecule has 4 nitrogen and oxygen atoms in total. The van der Waals surface area contributed by atoms with Crippen molar-refractivity contribution < 1.29 is 4.79 Å². The van der Waals surface area contributed by atoms with Crippen molar-refractivity contribution in [3.63, 3.8) is 0 Å². The number of amides is 1. The molecule has 4 heteroatoms. The maximum Gasteiger partial charge on any atom is 0.228 e. The van der Waals surface area contributed by atoms with E-state index in [4.69, 9.17) is 0 Å². The zero-order valence-corrected chi connectivity index (χ0v) is 10.5. The molecule has 0 aromatic heterocycles. The summed E-state index contributed by atoms with van der Waals surface area (Å²) in [6, 6.07) is 0.751. The van der Waals surface area contributed by atoms with Crippen LogP contribution in [0, 0.1) is 5.92 Å². The van der Waals surface area contributed by atoms with Gasteiger partial charge in [0.15, 0.2) is 0 Å². The third-order valence-corrected chi connectivity index (χ3v) is 4.56. The van der Waals surface area contributed by atoms with E-state index in [0.29, 0.717) is 5.91 Å². The second-order valence-electron chi connectivity index (χ2n) is 5.65. The van der Waals surface area contributed by atoms with E-state index in [9.17, 15) is 4.79 Å². The number of carbonyl (C=O) groups excluding carboxylic acids is 1. The molecule has 3 aliphatic heterocycles. The molecule has 3 rings (SSSR count). The first-order valence-electron chi connectivity index (χ1n) is 7.08. The summed E-state index contributed by atoms with van der Waals surface area (Å²) in [5, 5.41) is 3.18. The highest BCUT2D eigenvalue weighted by Gasteiger charge is 2.33. The molecular weight excluding hydrogens is 214 g/mol. The molecule has 0 spiro atoms. The Labute approximate surface area is 103 Å². The lowest BCUT2D eigenvalue weighted by molar-refractivity contribution is -0.138. The molecule has 0 unspecified atom stereocenters. The number of nitrogens with zero attached hydrogens (tertiary/aromatic N) is 2. The normalized spacial score (nSPS) is 28.4. The van der Waals surface area contributed by atoms with E-state index in [-0.39, 0.29) is 5.92 Å². The van der Waals surface area contributed by atoms with Gasteiger partial charge in [0, 0.05) is 32.2 Å². The molecule has 0 radical (unpaired) electrons. The van der Waals surface area contributed by atoms with Crippen LogP contribution in [0.4, 0.5) is 0 Å². The van der Waals surface area contributed by atoms with Crippen LogP contribution >= 0.6 is 0 Å². The summed E-state index contributed by atoms with van der Waals surface area (Å²) < 4.78 is 0. The highest BCUT2D eigenvalue weighted by molar-refractivity contribution is 5.80. The number of likely N-dealkylation sites (tertiary alicyclic amines) is 2. The van der Waals surface area contributed by atoms with Gasteiger partial charge in [-0.25, -0.2) is 0 Å². The molecule has 0 aliphatic carbocycles. The highest BCUT2D eigenvalue weighted by atomic mass is 16.2. The largest absolute Gasteiger partial charge is 0.342 e. The maximum atomic E-state index is 12.1. The van der Waals surface area contributed by atoms with Crippen molar-refractivity contribution in [1.29, 1.82) is 0 Å². The lowest BCUT2D eigenvalue weighted by Gasteiger charge is -2.39. The van der Waals surface area contributed by atoms with Crippen LogP contribution in [0.2, 0.25) is 0 Å². The molecule has 3 aliphatic rings. The molecule has 17 heavy (non-hydrogen) atoms. The fraction of sp³-hybridized carbons (Fsp3) is 0.923. The summed E-state index contributed by atoms with van der Waals surface area (Å²) in [4.78, 5) is 16.8. The third-order valence-electron chi connectivity index (χ3n) is 4.56. The summed E-state index contributed by atoms with van der Waals surface area (Å²) in [6.45, 7) is 6.32. The van der Waals surface area contributed by atoms with Gasteiger partial charge in [0.2, 0.25) is 5.91 Å². The van der Waals surface area contributed by atoms with Gasteiger partial charge >= 0.3 is 0 Å². The minimum atomic E-state index is 0.276. The summed E-state index contributed by atoms with van der Waals surface area (Å²) in [6.07, 6.45) is 5.11. The van der Waals surface area contributed by atoms with Crippen molar-refractivity contribution in [3.05, 3.63) is 0 Å². The molecule has 0 aromatic rings. The van der Waals surface area contributed by atoms with Crippen molar-refractivity contribution in [2.75, 3.05) is 39.3 Å². The second kappa shape index (κ2) is 4.94. The molecule has 3 heterocycles. The van der Waals surface area contributed by atoms with Crippen LogP contribution in [0.1, 0.15) is 25.7 Å². The fourth-order valence-electron chi connectivity index (χ4n) is 3.28. The smallest absolute Gasteiger partial charge is 0.228 e. The average molecular weight is 237 g/mol. The van der Waals surface area contributed by atoms with Crippen LogP contribution in [-0.2, 0) is 4.79 Å². The molecule has 1 amide bonds. The monoisotopic (exact) mass is 237 g/mol. The van der Waals surface area contributed by atoms with Crippen molar-refractivity contribution in [2.45, 2.75) is 31.7 Å². The quantitative estimate of drug-likeness (QED) is 0.750. The predicted octanol–water partition coefficient (Wildman–Crippen LogP) is 0.293. The Kier molecular flexibility index (Phi) is 3.34. The van der Waals surface area contributed by atoms with Gasteiger partial charge < -0.3 is 15.1 Å². The van der Waals surface area contributed by atoms with Gasteiger partial charge in [-0.15, -0.1) is 0 Å². The van der Waals surface area contributed by atoms with Gasteiger partial charge in [-0.2, -0.15) is 0 Å². The van der Waals surface area contributed by atoms with E-state index in [1.165, 1.54) is 38.8 Å². The average Bonchev–Trinajstić information content (AvgIpc) is 2.80.